The number of fused-ring (bicyclic) bond motifs is 3. The number of aryl methyl sites for hydroxylation is 3. The maximum absolute atomic E-state index is 6.65. The topological polar surface area (TPSA) is 44.9 Å². The van der Waals surface area contributed by atoms with Gasteiger partial charge >= 0.3 is 21.1 Å². The van der Waals surface area contributed by atoms with Crippen molar-refractivity contribution in [1.82, 2.24) is 19.3 Å². The summed E-state index contributed by atoms with van der Waals surface area (Å²) in [6.45, 7) is 15.4. The number of unbranched alkanes of at least 4 members (excludes halogenated alkanes) is 1. The van der Waals surface area contributed by atoms with Crippen LogP contribution in [0.3, 0.4) is 0 Å². The van der Waals surface area contributed by atoms with Crippen molar-refractivity contribution >= 4 is 21.8 Å². The SMILES string of the molecule is CCCCc1cc(Oc2[c-]c3c(cc2)c2cc(C(C)C(C)C)ccc2n3-c2cc(C)ccn2)[c-]c(-n2nc(C)c(-c3ccccc3)c2C)c1.[Pt+2]. The van der Waals surface area contributed by atoms with Crippen molar-refractivity contribution in [3.8, 4) is 34.1 Å². The van der Waals surface area contributed by atoms with E-state index in [1.807, 2.05) is 29.1 Å². The minimum absolute atomic E-state index is 0. The van der Waals surface area contributed by atoms with E-state index in [2.05, 4.69) is 132 Å². The molecule has 0 saturated carbocycles. The van der Waals surface area contributed by atoms with Gasteiger partial charge < -0.3 is 9.30 Å². The first-order chi connectivity index (χ1) is 23.7. The van der Waals surface area contributed by atoms with Crippen LogP contribution in [-0.4, -0.2) is 19.3 Å². The molecule has 5 nitrogen and oxygen atoms in total. The average molecular weight is 840 g/mol. The van der Waals surface area contributed by atoms with Crippen LogP contribution in [0.1, 0.15) is 74.5 Å². The molecule has 0 saturated heterocycles. The third-order valence-electron chi connectivity index (χ3n) is 9.84. The zero-order chi connectivity index (χ0) is 34.2. The molecule has 0 N–H and O–H groups in total. The Morgan fingerprint density at radius 2 is 1.62 bits per heavy atom. The Hall–Kier alpha value is -4.47. The largest absolute Gasteiger partial charge is 2.00 e. The molecule has 0 amide bonds. The number of aromatic nitrogens is 4. The van der Waals surface area contributed by atoms with Crippen molar-refractivity contribution in [2.24, 2.45) is 5.92 Å². The van der Waals surface area contributed by atoms with Gasteiger partial charge in [0.05, 0.1) is 5.69 Å². The number of rotatable bonds is 10. The Bertz CT molecular complexity index is 2280. The summed E-state index contributed by atoms with van der Waals surface area (Å²) in [6.07, 6.45) is 5.03. The van der Waals surface area contributed by atoms with Crippen LogP contribution in [0.15, 0.2) is 91.1 Å². The fourth-order valence-electron chi connectivity index (χ4n) is 6.85. The van der Waals surface area contributed by atoms with E-state index in [4.69, 9.17) is 14.8 Å². The van der Waals surface area contributed by atoms with Gasteiger partial charge in [-0.15, -0.1) is 35.7 Å². The molecule has 0 aliphatic rings. The third-order valence-corrected chi connectivity index (χ3v) is 9.84. The summed E-state index contributed by atoms with van der Waals surface area (Å²) in [5.74, 6) is 3.14. The number of benzene rings is 4. The van der Waals surface area contributed by atoms with Gasteiger partial charge in [0.15, 0.2) is 0 Å². The number of pyridine rings is 1. The maximum atomic E-state index is 6.65. The molecule has 3 heterocycles. The summed E-state index contributed by atoms with van der Waals surface area (Å²) in [5, 5.41) is 7.31. The minimum atomic E-state index is 0. The Morgan fingerprint density at radius 1 is 0.820 bits per heavy atom. The van der Waals surface area contributed by atoms with Crippen molar-refractivity contribution in [1.29, 1.82) is 0 Å². The summed E-state index contributed by atoms with van der Waals surface area (Å²) in [6, 6.07) is 37.2. The van der Waals surface area contributed by atoms with E-state index >= 15 is 0 Å². The molecular formula is C44H44N4OPt. The van der Waals surface area contributed by atoms with E-state index in [0.717, 1.165) is 75.3 Å². The standard InChI is InChI=1S/C44H44N4O.Pt/c1-8-9-13-33-23-36(48-32(7)44(31(6)46-48)34-14-11-10-12-15-34)26-38(24-33)49-37-17-18-39-40-25-35(30(5)28(2)3)16-19-41(40)47(42(39)27-37)43-22-29(4)20-21-45-43;/h10-12,14-25,28,30H,8-9,13H2,1-7H3;/q-2;+2. The Kier molecular flexibility index (Phi) is 10.5. The number of hydrogen-bond donors (Lipinski definition) is 0. The van der Waals surface area contributed by atoms with Gasteiger partial charge in [-0.1, -0.05) is 94.9 Å². The molecule has 0 spiro atoms. The smallest absolute Gasteiger partial charge is 0.509 e. The summed E-state index contributed by atoms with van der Waals surface area (Å²) in [4.78, 5) is 4.79. The monoisotopic (exact) mass is 839 g/mol. The van der Waals surface area contributed by atoms with Crippen LogP contribution >= 0.6 is 0 Å². The predicted octanol–water partition coefficient (Wildman–Crippen LogP) is 11.4. The molecule has 7 rings (SSSR count). The molecule has 0 aliphatic carbocycles. The predicted molar refractivity (Wildman–Crippen MR) is 201 cm³/mol. The second kappa shape index (κ2) is 14.8. The molecule has 0 radical (unpaired) electrons. The maximum Gasteiger partial charge on any atom is 2.00 e. The second-order valence-corrected chi connectivity index (χ2v) is 13.7. The van der Waals surface area contributed by atoms with Crippen LogP contribution in [0.5, 0.6) is 11.5 Å². The van der Waals surface area contributed by atoms with Crippen LogP contribution in [0, 0.1) is 38.8 Å². The average Bonchev–Trinajstić information content (AvgIpc) is 3.59. The number of hydrogen-bond acceptors (Lipinski definition) is 3. The van der Waals surface area contributed by atoms with Gasteiger partial charge in [-0.2, -0.15) is 16.7 Å². The van der Waals surface area contributed by atoms with Crippen LogP contribution in [0.2, 0.25) is 0 Å². The fourth-order valence-corrected chi connectivity index (χ4v) is 6.85. The van der Waals surface area contributed by atoms with E-state index in [-0.39, 0.29) is 21.1 Å². The first kappa shape index (κ1) is 35.4. The van der Waals surface area contributed by atoms with Crippen LogP contribution in [-0.2, 0) is 27.5 Å². The van der Waals surface area contributed by atoms with Gasteiger partial charge in [0.1, 0.15) is 5.82 Å². The molecule has 256 valence electrons. The molecule has 1 unspecified atom stereocenters. The van der Waals surface area contributed by atoms with Gasteiger partial charge in [-0.3, -0.25) is 4.68 Å². The third kappa shape index (κ3) is 6.81. The molecule has 6 heteroatoms. The Morgan fingerprint density at radius 3 is 2.36 bits per heavy atom. The summed E-state index contributed by atoms with van der Waals surface area (Å²) in [5.41, 5.74) is 11.0. The fraction of sp³-hybridized carbons (Fsp3) is 0.273. The van der Waals surface area contributed by atoms with Crippen molar-refractivity contribution in [3.05, 3.63) is 131 Å². The Balaban J connectivity index is 0.00000432. The first-order valence-corrected chi connectivity index (χ1v) is 17.5. The zero-order valence-corrected chi connectivity index (χ0v) is 32.2. The van der Waals surface area contributed by atoms with Crippen LogP contribution < -0.4 is 4.74 Å². The molecule has 0 fully saturated rings. The molecule has 7 aromatic rings. The van der Waals surface area contributed by atoms with Crippen molar-refractivity contribution in [2.75, 3.05) is 0 Å². The van der Waals surface area contributed by atoms with Crippen molar-refractivity contribution < 1.29 is 25.8 Å². The van der Waals surface area contributed by atoms with Crippen LogP contribution in [0.25, 0.3) is 44.4 Å². The van der Waals surface area contributed by atoms with E-state index in [9.17, 15) is 0 Å². The quantitative estimate of drug-likeness (QED) is 0.129. The second-order valence-electron chi connectivity index (χ2n) is 13.7. The normalized spacial score (nSPS) is 12.1. The van der Waals surface area contributed by atoms with Gasteiger partial charge in [-0.25, -0.2) is 4.98 Å². The van der Waals surface area contributed by atoms with E-state index < -0.39 is 0 Å². The van der Waals surface area contributed by atoms with E-state index in [0.29, 0.717) is 23.3 Å². The first-order valence-electron chi connectivity index (χ1n) is 17.5. The number of ether oxygens (including phenoxy) is 1. The molecule has 3 aromatic heterocycles. The van der Waals surface area contributed by atoms with E-state index in [1.165, 1.54) is 16.5 Å². The molecule has 4 aromatic carbocycles. The van der Waals surface area contributed by atoms with Crippen molar-refractivity contribution in [2.45, 2.75) is 73.6 Å². The van der Waals surface area contributed by atoms with Gasteiger partial charge in [-0.05, 0) is 78.6 Å². The zero-order valence-electron chi connectivity index (χ0n) is 29.9. The molecule has 50 heavy (non-hydrogen) atoms. The van der Waals surface area contributed by atoms with Crippen LogP contribution in [0.4, 0.5) is 0 Å². The molecule has 0 bridgehead atoms. The summed E-state index contributed by atoms with van der Waals surface area (Å²) >= 11 is 0. The minimum Gasteiger partial charge on any atom is -0.509 e. The Labute approximate surface area is 310 Å². The van der Waals surface area contributed by atoms with Gasteiger partial charge in [0, 0.05) is 34.5 Å². The van der Waals surface area contributed by atoms with Crippen molar-refractivity contribution in [3.63, 3.8) is 0 Å². The summed E-state index contributed by atoms with van der Waals surface area (Å²) in [7, 11) is 0. The molecule has 0 aliphatic heterocycles. The number of nitrogens with zero attached hydrogens (tertiary/aromatic N) is 4. The summed E-state index contributed by atoms with van der Waals surface area (Å²) < 4.78 is 10.9. The van der Waals surface area contributed by atoms with E-state index in [1.54, 1.807) is 0 Å². The van der Waals surface area contributed by atoms with Gasteiger partial charge in [0.2, 0.25) is 0 Å². The molecular weight excluding hydrogens is 796 g/mol. The van der Waals surface area contributed by atoms with Gasteiger partial charge in [0.25, 0.3) is 0 Å². The molecule has 1 atom stereocenters.